The molecule has 0 bridgehead atoms. The van der Waals surface area contributed by atoms with Crippen LogP contribution in [0, 0.1) is 17.5 Å². The van der Waals surface area contributed by atoms with Crippen LogP contribution in [-0.2, 0) is 10.5 Å². The molecule has 40 heavy (non-hydrogen) atoms. The predicted octanol–water partition coefficient (Wildman–Crippen LogP) is 6.22. The molecule has 0 unspecified atom stereocenters. The van der Waals surface area contributed by atoms with Crippen LogP contribution in [0.15, 0.2) is 42.6 Å². The van der Waals surface area contributed by atoms with Crippen LogP contribution in [0.4, 0.5) is 35.3 Å². The SMILES string of the molecule is CC(C)(C)OC(N)=O.CSCc1cc(Nc2ncc(F)c(-c3ccc(F)cc3F)n2)cc(N(C)CCCCN)c1. The number of benzene rings is 2. The number of hydrogen-bond donors (Lipinski definition) is 3. The lowest BCUT2D eigenvalue weighted by Gasteiger charge is -2.21. The number of nitrogens with two attached hydrogens (primary N) is 2. The van der Waals surface area contributed by atoms with E-state index in [1.165, 1.54) is 0 Å². The van der Waals surface area contributed by atoms with Crippen molar-refractivity contribution in [2.24, 2.45) is 11.5 Å². The van der Waals surface area contributed by atoms with Gasteiger partial charge in [0, 0.05) is 42.3 Å². The van der Waals surface area contributed by atoms with E-state index >= 15 is 0 Å². The summed E-state index contributed by atoms with van der Waals surface area (Å²) < 4.78 is 46.3. The van der Waals surface area contributed by atoms with Crippen molar-refractivity contribution in [2.75, 3.05) is 36.6 Å². The second kappa shape index (κ2) is 15.3. The zero-order valence-corrected chi connectivity index (χ0v) is 24.2. The Hall–Kier alpha value is -3.51. The molecule has 0 aliphatic carbocycles. The molecule has 0 saturated carbocycles. The Balaban J connectivity index is 0.000000611. The van der Waals surface area contributed by atoms with Gasteiger partial charge < -0.3 is 26.4 Å². The van der Waals surface area contributed by atoms with Crippen molar-refractivity contribution in [3.63, 3.8) is 0 Å². The molecule has 3 rings (SSSR count). The third kappa shape index (κ3) is 10.9. The van der Waals surface area contributed by atoms with E-state index in [4.69, 9.17) is 11.5 Å². The topological polar surface area (TPSA) is 119 Å². The number of nitrogens with zero attached hydrogens (tertiary/aromatic N) is 3. The summed E-state index contributed by atoms with van der Waals surface area (Å²) in [6.45, 7) is 6.81. The van der Waals surface area contributed by atoms with E-state index in [1.807, 2.05) is 25.4 Å². The minimum absolute atomic E-state index is 0.114. The van der Waals surface area contributed by atoms with Gasteiger partial charge in [-0.3, -0.25) is 0 Å². The zero-order valence-electron chi connectivity index (χ0n) is 23.4. The average molecular weight is 579 g/mol. The third-order valence-corrected chi connectivity index (χ3v) is 5.89. The number of anilines is 3. The largest absolute Gasteiger partial charge is 0.444 e. The van der Waals surface area contributed by atoms with Gasteiger partial charge in [0.25, 0.3) is 0 Å². The molecule has 3 aromatic rings. The lowest BCUT2D eigenvalue weighted by atomic mass is 10.1. The molecule has 12 heteroatoms. The zero-order chi connectivity index (χ0) is 29.9. The molecule has 8 nitrogen and oxygen atoms in total. The van der Waals surface area contributed by atoms with Crippen molar-refractivity contribution in [2.45, 2.75) is 45.0 Å². The average Bonchev–Trinajstić information content (AvgIpc) is 2.84. The first-order chi connectivity index (χ1) is 18.8. The lowest BCUT2D eigenvalue weighted by molar-refractivity contribution is 0.0600. The van der Waals surface area contributed by atoms with E-state index in [-0.39, 0.29) is 17.2 Å². The van der Waals surface area contributed by atoms with Gasteiger partial charge in [-0.1, -0.05) is 0 Å². The summed E-state index contributed by atoms with van der Waals surface area (Å²) in [5, 5.41) is 3.09. The summed E-state index contributed by atoms with van der Waals surface area (Å²) >= 11 is 1.70. The third-order valence-electron chi connectivity index (χ3n) is 5.27. The van der Waals surface area contributed by atoms with Gasteiger partial charge in [0.05, 0.1) is 6.20 Å². The highest BCUT2D eigenvalue weighted by molar-refractivity contribution is 7.97. The molecule has 0 saturated heterocycles. The fourth-order valence-corrected chi connectivity index (χ4v) is 4.07. The monoisotopic (exact) mass is 578 g/mol. The predicted molar refractivity (Wildman–Crippen MR) is 156 cm³/mol. The maximum Gasteiger partial charge on any atom is 0.405 e. The lowest BCUT2D eigenvalue weighted by Crippen LogP contribution is -2.27. The number of aromatic nitrogens is 2. The van der Waals surface area contributed by atoms with Gasteiger partial charge in [0.2, 0.25) is 5.95 Å². The number of primary amides is 1. The van der Waals surface area contributed by atoms with Crippen molar-refractivity contribution < 1.29 is 22.7 Å². The molecule has 0 fully saturated rings. The molecule has 1 amide bonds. The van der Waals surface area contributed by atoms with E-state index < -0.39 is 29.1 Å². The molecule has 1 aromatic heterocycles. The summed E-state index contributed by atoms with van der Waals surface area (Å²) in [5.41, 5.74) is 12.3. The van der Waals surface area contributed by atoms with Crippen LogP contribution in [0.1, 0.15) is 39.2 Å². The van der Waals surface area contributed by atoms with Crippen LogP contribution >= 0.6 is 11.8 Å². The second-order valence-electron chi connectivity index (χ2n) is 9.91. The van der Waals surface area contributed by atoms with Crippen LogP contribution in [-0.4, -0.2) is 48.1 Å². The maximum absolute atomic E-state index is 14.3. The minimum Gasteiger partial charge on any atom is -0.444 e. The Morgan fingerprint density at radius 3 is 2.40 bits per heavy atom. The Bertz CT molecular complexity index is 1270. The second-order valence-corrected chi connectivity index (χ2v) is 10.8. The molecule has 0 spiro atoms. The summed E-state index contributed by atoms with van der Waals surface area (Å²) in [6, 6.07) is 8.96. The molecule has 5 N–H and O–H groups in total. The summed E-state index contributed by atoms with van der Waals surface area (Å²) in [4.78, 5) is 20.3. The number of halogens is 3. The van der Waals surface area contributed by atoms with Crippen molar-refractivity contribution in [3.8, 4) is 11.3 Å². The molecule has 218 valence electrons. The van der Waals surface area contributed by atoms with Crippen molar-refractivity contribution in [1.82, 2.24) is 9.97 Å². The molecule has 2 aromatic carbocycles. The van der Waals surface area contributed by atoms with Crippen molar-refractivity contribution in [3.05, 3.63) is 65.6 Å². The number of carbonyl (C=O) groups excluding carboxylic acids is 1. The Morgan fingerprint density at radius 1 is 1.10 bits per heavy atom. The standard InChI is InChI=1S/C23H26F3N5S.C5H11NO2/c1-31(8-4-3-7-27)18-10-15(14-32-2)9-17(12-18)29-23-28-13-21(26)22(30-23)19-6-5-16(24)11-20(19)25;1-5(2,3)8-4(6)7/h5-6,9-13H,3-4,7-8,14,27H2,1-2H3,(H,28,29,30);1-3H3,(H2,6,7). The van der Waals surface area contributed by atoms with Crippen LogP contribution in [0.2, 0.25) is 0 Å². The molecule has 0 aliphatic rings. The molecule has 1 heterocycles. The van der Waals surface area contributed by atoms with Gasteiger partial charge >= 0.3 is 6.09 Å². The van der Waals surface area contributed by atoms with Gasteiger partial charge in [0.15, 0.2) is 5.82 Å². The molecule has 0 radical (unpaired) electrons. The molecule has 0 aliphatic heterocycles. The number of unbranched alkanes of at least 4 members (excludes halogenated alkanes) is 1. The number of thioether (sulfide) groups is 1. The maximum atomic E-state index is 14.3. The first kappa shape index (κ1) is 32.7. The Morgan fingerprint density at radius 2 is 1.82 bits per heavy atom. The summed E-state index contributed by atoms with van der Waals surface area (Å²) in [5.74, 6) is -1.50. The van der Waals surface area contributed by atoms with E-state index in [0.29, 0.717) is 12.6 Å². The van der Waals surface area contributed by atoms with E-state index in [2.05, 4.69) is 31.0 Å². The fourth-order valence-electron chi connectivity index (χ4n) is 3.57. The summed E-state index contributed by atoms with van der Waals surface area (Å²) in [7, 11) is 2.02. The summed E-state index contributed by atoms with van der Waals surface area (Å²) in [6.07, 6.45) is 4.20. The number of rotatable bonds is 10. The molecular weight excluding hydrogens is 541 g/mol. The van der Waals surface area contributed by atoms with Gasteiger partial charge in [0.1, 0.15) is 22.9 Å². The highest BCUT2D eigenvalue weighted by Gasteiger charge is 2.15. The van der Waals surface area contributed by atoms with Gasteiger partial charge in [-0.25, -0.2) is 27.9 Å². The van der Waals surface area contributed by atoms with Crippen LogP contribution in [0.25, 0.3) is 11.3 Å². The first-order valence-electron chi connectivity index (χ1n) is 12.6. The van der Waals surface area contributed by atoms with Crippen molar-refractivity contribution in [1.29, 1.82) is 0 Å². The quantitative estimate of drug-likeness (QED) is 0.243. The first-order valence-corrected chi connectivity index (χ1v) is 14.0. The van der Waals surface area contributed by atoms with Crippen LogP contribution < -0.4 is 21.7 Å². The minimum atomic E-state index is -0.892. The number of ether oxygens (including phenoxy) is 1. The molecule has 0 atom stereocenters. The highest BCUT2D eigenvalue weighted by atomic mass is 32.2. The Kier molecular flexibility index (Phi) is 12.5. The van der Waals surface area contributed by atoms with E-state index in [0.717, 1.165) is 60.4 Å². The van der Waals surface area contributed by atoms with E-state index in [1.54, 1.807) is 32.5 Å². The smallest absolute Gasteiger partial charge is 0.405 e. The Labute approximate surface area is 237 Å². The van der Waals surface area contributed by atoms with Crippen LogP contribution in [0.3, 0.4) is 0 Å². The van der Waals surface area contributed by atoms with Crippen LogP contribution in [0.5, 0.6) is 0 Å². The molecular formula is C28H37F3N6O2S. The highest BCUT2D eigenvalue weighted by Crippen LogP contribution is 2.28. The van der Waals surface area contributed by atoms with E-state index in [9.17, 15) is 18.0 Å². The number of amides is 1. The van der Waals surface area contributed by atoms with Gasteiger partial charge in [-0.2, -0.15) is 11.8 Å². The van der Waals surface area contributed by atoms with Crippen molar-refractivity contribution >= 4 is 35.2 Å². The number of hydrogen-bond acceptors (Lipinski definition) is 8. The fraction of sp³-hybridized carbons (Fsp3) is 0.393. The number of nitrogens with one attached hydrogen (secondary N) is 1. The van der Waals surface area contributed by atoms with Gasteiger partial charge in [-0.05, 0) is 82.3 Å². The normalized spacial score (nSPS) is 10.9. The number of carbonyl (C=O) groups is 1. The van der Waals surface area contributed by atoms with Gasteiger partial charge in [-0.15, -0.1) is 0 Å².